The van der Waals surface area contributed by atoms with Crippen LogP contribution in [0.5, 0.6) is 0 Å². The second kappa shape index (κ2) is 22.1. The number of benzene rings is 5. The molecule has 0 fully saturated rings. The van der Waals surface area contributed by atoms with Gasteiger partial charge in [-0.3, -0.25) is 19.5 Å². The lowest BCUT2D eigenvalue weighted by Crippen LogP contribution is -2.45. The first-order valence-corrected chi connectivity index (χ1v) is 20.7. The number of amides is 2. The number of ether oxygens (including phenoxy) is 3. The summed E-state index contributed by atoms with van der Waals surface area (Å²) in [5.74, 6) is -2.46. The first kappa shape index (κ1) is 43.9. The van der Waals surface area contributed by atoms with Crippen LogP contribution in [0.3, 0.4) is 0 Å². The molecule has 3 atom stereocenters. The zero-order valence-electron chi connectivity index (χ0n) is 32.9. The SMILES string of the molecule is O=C(CC[C@H](NC(=O)OCC1c2ccccc2-c2ccccc21)C(=O)OCc1ccccc1)N[C@@H](CCO[PH](=O)OCc1ccc([N+](=O)[O-])cc1)C(=O)OCc1ccccc1. The van der Waals surface area contributed by atoms with Crippen molar-refractivity contribution in [1.82, 2.24) is 10.6 Å². The van der Waals surface area contributed by atoms with Crippen LogP contribution >= 0.6 is 8.25 Å². The van der Waals surface area contributed by atoms with E-state index in [2.05, 4.69) is 10.6 Å². The predicted octanol–water partition coefficient (Wildman–Crippen LogP) is 7.57. The largest absolute Gasteiger partial charge is 0.459 e. The highest BCUT2D eigenvalue weighted by Gasteiger charge is 2.31. The van der Waals surface area contributed by atoms with Gasteiger partial charge < -0.3 is 33.9 Å². The fraction of sp³-hybridized carbons (Fsp3) is 0.244. The number of esters is 2. The molecule has 0 bridgehead atoms. The molecule has 15 nitrogen and oxygen atoms in total. The number of nitrogens with zero attached hydrogens (tertiary/aromatic N) is 1. The van der Waals surface area contributed by atoms with Crippen molar-refractivity contribution >= 4 is 37.9 Å². The normalized spacial score (nSPS) is 13.1. The molecule has 5 aromatic carbocycles. The van der Waals surface area contributed by atoms with Gasteiger partial charge in [0.05, 0.1) is 18.1 Å². The number of carbonyl (C=O) groups excluding carboxylic acids is 4. The molecule has 6 rings (SSSR count). The van der Waals surface area contributed by atoms with E-state index >= 15 is 0 Å². The zero-order chi connectivity index (χ0) is 43.0. The summed E-state index contributed by atoms with van der Waals surface area (Å²) in [7, 11) is -3.08. The minimum absolute atomic E-state index is 0.00459. The Morgan fingerprint density at radius 1 is 0.607 bits per heavy atom. The van der Waals surface area contributed by atoms with Crippen LogP contribution in [0.1, 0.15) is 53.0 Å². The Morgan fingerprint density at radius 2 is 1.11 bits per heavy atom. The molecule has 0 spiro atoms. The van der Waals surface area contributed by atoms with Crippen molar-refractivity contribution < 1.29 is 51.9 Å². The number of nitro groups is 1. The van der Waals surface area contributed by atoms with Gasteiger partial charge in [0, 0.05) is 30.9 Å². The number of nitrogens with one attached hydrogen (secondary N) is 2. The maximum atomic E-state index is 13.4. The molecule has 1 unspecified atom stereocenters. The lowest BCUT2D eigenvalue weighted by atomic mass is 9.98. The molecule has 0 aromatic heterocycles. The molecule has 2 N–H and O–H groups in total. The fourth-order valence-electron chi connectivity index (χ4n) is 6.64. The van der Waals surface area contributed by atoms with Gasteiger partial charge in [0.25, 0.3) is 5.69 Å². The number of nitro benzene ring substituents is 1. The monoisotopic (exact) mass is 849 g/mol. The summed E-state index contributed by atoms with van der Waals surface area (Å²) < 4.78 is 39.8. The summed E-state index contributed by atoms with van der Waals surface area (Å²) in [6, 6.07) is 36.5. The summed E-state index contributed by atoms with van der Waals surface area (Å²) in [4.78, 5) is 63.7. The molecular weight excluding hydrogens is 805 g/mol. The Labute approximate surface area is 352 Å². The lowest BCUT2D eigenvalue weighted by Gasteiger charge is -2.20. The maximum absolute atomic E-state index is 13.4. The average Bonchev–Trinajstić information content (AvgIpc) is 3.61. The molecule has 1 aliphatic carbocycles. The Hall–Kier alpha value is -6.67. The molecule has 0 saturated carbocycles. The number of rotatable bonds is 21. The van der Waals surface area contributed by atoms with Crippen molar-refractivity contribution in [3.63, 3.8) is 0 Å². The topological polar surface area (TPSA) is 199 Å². The lowest BCUT2D eigenvalue weighted by molar-refractivity contribution is -0.384. The van der Waals surface area contributed by atoms with Crippen molar-refractivity contribution in [2.45, 2.75) is 57.1 Å². The molecule has 316 valence electrons. The third-order valence-electron chi connectivity index (χ3n) is 9.78. The van der Waals surface area contributed by atoms with Crippen LogP contribution in [-0.4, -0.2) is 54.2 Å². The highest BCUT2D eigenvalue weighted by Crippen LogP contribution is 2.44. The first-order valence-electron chi connectivity index (χ1n) is 19.5. The third-order valence-corrected chi connectivity index (χ3v) is 10.6. The number of hydrogen-bond donors (Lipinski definition) is 2. The predicted molar refractivity (Wildman–Crippen MR) is 223 cm³/mol. The van der Waals surface area contributed by atoms with Crippen molar-refractivity contribution in [1.29, 1.82) is 0 Å². The van der Waals surface area contributed by atoms with Crippen LogP contribution in [0.2, 0.25) is 0 Å². The molecule has 16 heteroatoms. The zero-order valence-corrected chi connectivity index (χ0v) is 33.9. The summed E-state index contributed by atoms with van der Waals surface area (Å²) in [5.41, 5.74) is 5.97. The Bertz CT molecular complexity index is 2270. The maximum Gasteiger partial charge on any atom is 0.407 e. The Balaban J connectivity index is 1.06. The number of carbonyl (C=O) groups is 4. The first-order chi connectivity index (χ1) is 29.6. The van der Waals surface area contributed by atoms with Crippen molar-refractivity contribution in [2.24, 2.45) is 0 Å². The van der Waals surface area contributed by atoms with Gasteiger partial charge >= 0.3 is 26.3 Å². The summed E-state index contributed by atoms with van der Waals surface area (Å²) in [6.45, 7) is -0.587. The van der Waals surface area contributed by atoms with E-state index in [0.717, 1.165) is 22.3 Å². The minimum atomic E-state index is -3.08. The summed E-state index contributed by atoms with van der Waals surface area (Å²) in [5, 5.41) is 16.1. The van der Waals surface area contributed by atoms with E-state index in [9.17, 15) is 33.9 Å². The second-order valence-corrected chi connectivity index (χ2v) is 15.0. The van der Waals surface area contributed by atoms with Crippen LogP contribution in [0.25, 0.3) is 11.1 Å². The van der Waals surface area contributed by atoms with Crippen molar-refractivity contribution in [3.8, 4) is 11.1 Å². The van der Waals surface area contributed by atoms with Gasteiger partial charge in [-0.1, -0.05) is 109 Å². The number of alkyl carbamates (subject to hydrolysis) is 1. The molecule has 1 aliphatic rings. The van der Waals surface area contributed by atoms with Crippen molar-refractivity contribution in [2.75, 3.05) is 13.2 Å². The van der Waals surface area contributed by atoms with Gasteiger partial charge in [0.15, 0.2) is 0 Å². The Kier molecular flexibility index (Phi) is 15.9. The average molecular weight is 850 g/mol. The molecule has 61 heavy (non-hydrogen) atoms. The molecular formula is C45H44N3O12P. The van der Waals surface area contributed by atoms with E-state index in [1.807, 2.05) is 60.7 Å². The summed E-state index contributed by atoms with van der Waals surface area (Å²) in [6.07, 6.45) is -1.57. The van der Waals surface area contributed by atoms with Crippen LogP contribution in [0, 0.1) is 10.1 Å². The second-order valence-electron chi connectivity index (χ2n) is 14.0. The van der Waals surface area contributed by atoms with E-state index in [1.54, 1.807) is 48.5 Å². The molecule has 0 heterocycles. The van der Waals surface area contributed by atoms with Crippen LogP contribution in [0.4, 0.5) is 10.5 Å². The number of fused-ring (bicyclic) bond motifs is 3. The number of hydrogen-bond acceptors (Lipinski definition) is 12. The van der Waals surface area contributed by atoms with Crippen LogP contribution in [-0.2, 0) is 62.0 Å². The highest BCUT2D eigenvalue weighted by molar-refractivity contribution is 7.33. The quantitative estimate of drug-likeness (QED) is 0.0242. The van der Waals surface area contributed by atoms with Gasteiger partial charge in [-0.25, -0.2) is 14.4 Å². The van der Waals surface area contributed by atoms with Crippen LogP contribution in [0.15, 0.2) is 133 Å². The van der Waals surface area contributed by atoms with Gasteiger partial charge in [-0.2, -0.15) is 0 Å². The highest BCUT2D eigenvalue weighted by atomic mass is 31.1. The summed E-state index contributed by atoms with van der Waals surface area (Å²) >= 11 is 0. The van der Waals surface area contributed by atoms with Gasteiger partial charge in [0.1, 0.15) is 31.9 Å². The molecule has 2 amide bonds. The third kappa shape index (κ3) is 12.9. The molecule has 0 radical (unpaired) electrons. The molecule has 0 aliphatic heterocycles. The standard InChI is InChI=1S/C45H44N3O12P/c49-42(46-41(44(51)57-28-32-13-5-2-6-14-32)25-26-59-61(55)60-29-33-19-21-34(22-20-33)48(53)54)24-23-40(43(50)56-27-31-11-3-1-4-12-31)47-45(52)58-30-39-37-17-9-7-15-35(37)36-16-8-10-18-38(36)39/h1-22,39-41,61H,23-30H2,(H,46,49)(H,47,52)/t40-,41-/m0/s1. The van der Waals surface area contributed by atoms with Gasteiger partial charge in [-0.05, 0) is 57.5 Å². The van der Waals surface area contributed by atoms with Gasteiger partial charge in [0.2, 0.25) is 5.91 Å². The molecule has 0 saturated heterocycles. The van der Waals surface area contributed by atoms with E-state index < -0.39 is 49.2 Å². The van der Waals surface area contributed by atoms with Crippen LogP contribution < -0.4 is 10.6 Å². The van der Waals surface area contributed by atoms with E-state index in [1.165, 1.54) is 24.3 Å². The number of non-ortho nitro benzene ring substituents is 1. The minimum Gasteiger partial charge on any atom is -0.459 e. The van der Waals surface area contributed by atoms with Gasteiger partial charge in [-0.15, -0.1) is 0 Å². The van der Waals surface area contributed by atoms with E-state index in [0.29, 0.717) is 16.7 Å². The van der Waals surface area contributed by atoms with Crippen molar-refractivity contribution in [3.05, 3.63) is 171 Å². The van der Waals surface area contributed by atoms with E-state index in [4.69, 9.17) is 23.3 Å². The fourth-order valence-corrected chi connectivity index (χ4v) is 7.29. The Morgan fingerprint density at radius 3 is 1.67 bits per heavy atom. The molecule has 5 aromatic rings. The smallest absolute Gasteiger partial charge is 0.407 e. The van der Waals surface area contributed by atoms with E-state index in [-0.39, 0.29) is 63.9 Å².